The van der Waals surface area contributed by atoms with Crippen molar-refractivity contribution in [3.8, 4) is 23.0 Å². The molecule has 6 N–H and O–H groups in total. The van der Waals surface area contributed by atoms with Crippen LogP contribution in [0.25, 0.3) is 49.2 Å². The maximum absolute atomic E-state index is 12.1. The average molecular weight is 1260 g/mol. The molecule has 0 aliphatic rings. The summed E-state index contributed by atoms with van der Waals surface area (Å²) >= 11 is 0. The van der Waals surface area contributed by atoms with Crippen molar-refractivity contribution in [1.29, 1.82) is 0 Å². The lowest BCUT2D eigenvalue weighted by Gasteiger charge is -2.21. The second-order valence-corrected chi connectivity index (χ2v) is 21.9. The highest BCUT2D eigenvalue weighted by molar-refractivity contribution is 5.99. The van der Waals surface area contributed by atoms with Crippen LogP contribution in [0.2, 0.25) is 0 Å². The monoisotopic (exact) mass is 1260 g/mol. The molecule has 484 valence electrons. The number of methoxy groups -OCH3 is 4. The Morgan fingerprint density at radius 3 is 1.20 bits per heavy atom. The Morgan fingerprint density at radius 2 is 0.809 bits per heavy atom. The number of aromatic nitrogens is 4. The summed E-state index contributed by atoms with van der Waals surface area (Å²) in [6.45, 7) is 5.29. The molecule has 94 heavy (non-hydrogen) atoms. The number of nitrogens with one attached hydrogen (secondary N) is 6. The molecule has 0 aliphatic carbocycles. The van der Waals surface area contributed by atoms with Crippen LogP contribution >= 0.6 is 0 Å². The third kappa shape index (κ3) is 17.2. The van der Waals surface area contributed by atoms with Gasteiger partial charge in [-0.05, 0) is 134 Å². The highest BCUT2D eigenvalue weighted by Gasteiger charge is 2.26. The fraction of sp³-hybridized carbons (Fsp3) is 0.218. The summed E-state index contributed by atoms with van der Waals surface area (Å²) < 4.78 is 32.7. The second kappa shape index (κ2) is 34.0. The predicted octanol–water partition coefficient (Wildman–Crippen LogP) is 15.7. The first kappa shape index (κ1) is 67.6. The molecule has 12 rings (SSSR count). The Bertz CT molecular complexity index is 4250. The van der Waals surface area contributed by atoms with Gasteiger partial charge in [0.1, 0.15) is 23.0 Å². The van der Waals surface area contributed by atoms with Gasteiger partial charge in [-0.2, -0.15) is 5.48 Å². The van der Waals surface area contributed by atoms with E-state index in [9.17, 15) is 14.4 Å². The van der Waals surface area contributed by atoms with Crippen molar-refractivity contribution in [2.24, 2.45) is 0 Å². The molecule has 0 fully saturated rings. The van der Waals surface area contributed by atoms with Crippen LogP contribution in [0, 0.1) is 0 Å². The van der Waals surface area contributed by atoms with Gasteiger partial charge in [0.15, 0.2) is 0 Å². The SMILES string of the molecule is CCOC(=O)/C=C(\c1ccccc1)c1cc2[nH]ccc2cc1OC.CCOC(=O)CC(c1ccccc1)c1cc2[nH]ccc2cc1OC.CNCCC(c1ccccc1)c1cc2[nH]ccc2cc1OC.CNOC(=O)CC(c1ccccc1)c1cc2[nH]ccc2cc1OC. The molecule has 0 amide bonds. The largest absolute Gasteiger partial charge is 0.496 e. The maximum Gasteiger partial charge on any atom is 0.331 e. The van der Waals surface area contributed by atoms with Crippen LogP contribution in [0.3, 0.4) is 0 Å². The van der Waals surface area contributed by atoms with E-state index >= 15 is 0 Å². The minimum absolute atomic E-state index is 0.118. The number of hydrogen-bond donors (Lipinski definition) is 6. The van der Waals surface area contributed by atoms with Crippen LogP contribution in [0.1, 0.15) is 95.4 Å². The Labute approximate surface area is 548 Å². The normalized spacial score (nSPS) is 12.0. The van der Waals surface area contributed by atoms with Crippen molar-refractivity contribution >= 4 is 67.1 Å². The molecule has 0 bridgehead atoms. The van der Waals surface area contributed by atoms with Gasteiger partial charge < -0.3 is 58.5 Å². The van der Waals surface area contributed by atoms with E-state index in [1.54, 1.807) is 42.4 Å². The summed E-state index contributed by atoms with van der Waals surface area (Å²) in [4.78, 5) is 54.1. The van der Waals surface area contributed by atoms with Crippen molar-refractivity contribution in [2.45, 2.75) is 50.9 Å². The van der Waals surface area contributed by atoms with Crippen molar-refractivity contribution < 1.29 is 47.6 Å². The van der Waals surface area contributed by atoms with Crippen LogP contribution in [0.4, 0.5) is 0 Å². The minimum atomic E-state index is -0.370. The van der Waals surface area contributed by atoms with Crippen molar-refractivity contribution in [3.05, 3.63) is 269 Å². The smallest absolute Gasteiger partial charge is 0.331 e. The number of hydrogen-bond acceptors (Lipinski definition) is 12. The topological polar surface area (TPSA) is 203 Å². The molecule has 12 aromatic rings. The number of ether oxygens (including phenoxy) is 6. The molecule has 16 heteroatoms. The van der Waals surface area contributed by atoms with Crippen LogP contribution in [0.5, 0.6) is 23.0 Å². The van der Waals surface area contributed by atoms with Gasteiger partial charge in [-0.1, -0.05) is 121 Å². The van der Waals surface area contributed by atoms with E-state index in [4.69, 9.17) is 33.3 Å². The highest BCUT2D eigenvalue weighted by atomic mass is 16.7. The van der Waals surface area contributed by atoms with Crippen molar-refractivity contribution in [1.82, 2.24) is 30.7 Å². The molecule has 0 saturated heterocycles. The van der Waals surface area contributed by atoms with Gasteiger partial charge in [0, 0.05) is 122 Å². The molecular weight excluding hydrogens is 1180 g/mol. The molecule has 16 nitrogen and oxygen atoms in total. The van der Waals surface area contributed by atoms with Gasteiger partial charge in [0.05, 0.1) is 54.5 Å². The summed E-state index contributed by atoms with van der Waals surface area (Å²) in [5, 5.41) is 7.65. The van der Waals surface area contributed by atoms with Crippen LogP contribution in [-0.4, -0.2) is 100 Å². The Kier molecular flexibility index (Phi) is 24.5. The first-order chi connectivity index (χ1) is 46.0. The summed E-state index contributed by atoms with van der Waals surface area (Å²) in [7, 11) is 10.2. The van der Waals surface area contributed by atoms with E-state index in [0.29, 0.717) is 24.9 Å². The lowest BCUT2D eigenvalue weighted by molar-refractivity contribution is -0.150. The number of carbonyl (C=O) groups excluding carboxylic acids is 3. The predicted molar refractivity (Wildman–Crippen MR) is 374 cm³/mol. The fourth-order valence-electron chi connectivity index (χ4n) is 11.7. The number of carbonyl (C=O) groups is 3. The first-order valence-corrected chi connectivity index (χ1v) is 31.4. The van der Waals surface area contributed by atoms with E-state index < -0.39 is 0 Å². The van der Waals surface area contributed by atoms with Gasteiger partial charge in [-0.15, -0.1) is 0 Å². The van der Waals surface area contributed by atoms with Crippen LogP contribution < -0.4 is 29.7 Å². The number of fused-ring (bicyclic) bond motifs is 4. The summed E-state index contributed by atoms with van der Waals surface area (Å²) in [6, 6.07) is 64.7. The number of rotatable bonds is 23. The zero-order valence-electron chi connectivity index (χ0n) is 54.4. The summed E-state index contributed by atoms with van der Waals surface area (Å²) in [5.74, 6) is 2.34. The minimum Gasteiger partial charge on any atom is -0.496 e. The van der Waals surface area contributed by atoms with E-state index in [2.05, 4.69) is 85.3 Å². The van der Waals surface area contributed by atoms with Crippen molar-refractivity contribution in [3.63, 3.8) is 0 Å². The molecule has 3 atom stereocenters. The Hall–Kier alpha value is -10.8. The van der Waals surface area contributed by atoms with Gasteiger partial charge in [-0.3, -0.25) is 9.59 Å². The molecular formula is C78H82N6O10. The van der Waals surface area contributed by atoms with Gasteiger partial charge in [0.25, 0.3) is 0 Å². The third-order valence-corrected chi connectivity index (χ3v) is 16.2. The molecule has 4 aromatic heterocycles. The molecule has 3 unspecified atom stereocenters. The van der Waals surface area contributed by atoms with E-state index in [1.807, 2.05) is 178 Å². The van der Waals surface area contributed by atoms with Gasteiger partial charge in [-0.25, -0.2) is 4.79 Å². The van der Waals surface area contributed by atoms with E-state index in [1.165, 1.54) is 22.6 Å². The van der Waals surface area contributed by atoms with Crippen molar-refractivity contribution in [2.75, 3.05) is 62.3 Å². The third-order valence-electron chi connectivity index (χ3n) is 16.2. The highest BCUT2D eigenvalue weighted by Crippen LogP contribution is 2.41. The molecule has 0 aliphatic heterocycles. The molecule has 0 saturated carbocycles. The molecule has 8 aromatic carbocycles. The maximum atomic E-state index is 12.1. The number of esters is 2. The van der Waals surface area contributed by atoms with Crippen LogP contribution in [-0.2, 0) is 28.7 Å². The van der Waals surface area contributed by atoms with Gasteiger partial charge in [0.2, 0.25) is 0 Å². The molecule has 4 heterocycles. The summed E-state index contributed by atoms with van der Waals surface area (Å²) in [5.41, 5.74) is 15.7. The van der Waals surface area contributed by atoms with E-state index in [-0.39, 0.29) is 42.6 Å². The number of aromatic amines is 4. The average Bonchev–Trinajstić information content (AvgIpc) is 1.35. The Balaban J connectivity index is 0.000000148. The quantitative estimate of drug-likeness (QED) is 0.0153. The van der Waals surface area contributed by atoms with E-state index in [0.717, 1.165) is 107 Å². The lowest BCUT2D eigenvalue weighted by atomic mass is 9.87. The first-order valence-electron chi connectivity index (χ1n) is 31.4. The van der Waals surface area contributed by atoms with Crippen LogP contribution in [0.15, 0.2) is 225 Å². The second-order valence-electron chi connectivity index (χ2n) is 21.9. The van der Waals surface area contributed by atoms with Gasteiger partial charge >= 0.3 is 17.9 Å². The number of hydroxylamine groups is 1. The lowest BCUT2D eigenvalue weighted by Crippen LogP contribution is -2.18. The Morgan fingerprint density at radius 1 is 0.436 bits per heavy atom. The zero-order chi connectivity index (χ0) is 66.2. The number of benzene rings is 8. The fourth-order valence-corrected chi connectivity index (χ4v) is 11.7. The number of H-pyrrole nitrogens is 4. The molecule has 0 radical (unpaired) electrons. The molecule has 0 spiro atoms. The summed E-state index contributed by atoms with van der Waals surface area (Å²) in [6.07, 6.45) is 10.7. The standard InChI is InChI=1S/C20H21NO3.C20H19NO3.C19H20N2O3.C19H22N2O/c2*1-3-24-20(22)13-16(14-7-5-4-6-8-14)17-12-18-15(9-10-21-18)11-19(17)23-2;1-20-24-19(22)12-15(13-6-4-3-5-7-13)16-11-17-14(8-9-21-17)10-18(16)23-2;1-20-10-9-16(14-6-4-3-5-7-14)17-13-18-15(8-11-21-18)12-19(17)22-2/h4-12,16,21H,3,13H2,1-2H3;4-13,21H,3H2,1-2H3;3-11,15,20-21H,12H2,1-2H3;3-8,11-13,16,20-21H,9-10H2,1-2H3/b;16-13+;;. The zero-order valence-corrected chi connectivity index (χ0v) is 54.4.